The highest BCUT2D eigenvalue weighted by Crippen LogP contribution is 2.29. The molecule has 0 radical (unpaired) electrons. The van der Waals surface area contributed by atoms with Gasteiger partial charge in [0.05, 0.1) is 23.1 Å². The number of benzene rings is 2. The fourth-order valence-electron chi connectivity index (χ4n) is 2.82. The standard InChI is InChI=1S/C20H16N4O4S2/c1-28-20(25)13-6-3-5-12(9-13)17-23-18(16-19(24-17)29-11-21-16)22-14-7-4-8-15(10-14)30(2,26)27/h3-11H,1-2H3,(H,22,23,24). The van der Waals surface area contributed by atoms with Crippen LogP contribution in [0.1, 0.15) is 10.4 Å². The van der Waals surface area contributed by atoms with E-state index in [1.165, 1.54) is 30.6 Å². The number of fused-ring (bicyclic) bond motifs is 1. The van der Waals surface area contributed by atoms with Gasteiger partial charge in [-0.25, -0.2) is 28.2 Å². The van der Waals surface area contributed by atoms with Crippen molar-refractivity contribution in [2.24, 2.45) is 0 Å². The summed E-state index contributed by atoms with van der Waals surface area (Å²) in [6.45, 7) is 0. The summed E-state index contributed by atoms with van der Waals surface area (Å²) in [6.07, 6.45) is 1.15. The van der Waals surface area contributed by atoms with E-state index in [0.717, 1.165) is 6.26 Å². The van der Waals surface area contributed by atoms with Gasteiger partial charge in [0.25, 0.3) is 0 Å². The number of nitrogens with one attached hydrogen (secondary N) is 1. The first-order valence-corrected chi connectivity index (χ1v) is 11.5. The van der Waals surface area contributed by atoms with E-state index in [1.807, 2.05) is 0 Å². The normalized spacial score (nSPS) is 11.4. The molecular weight excluding hydrogens is 424 g/mol. The zero-order chi connectivity index (χ0) is 21.3. The van der Waals surface area contributed by atoms with Crippen LogP contribution in [-0.4, -0.2) is 42.7 Å². The Balaban J connectivity index is 1.79. The molecule has 0 saturated carbocycles. The van der Waals surface area contributed by atoms with Crippen LogP contribution in [0.4, 0.5) is 11.5 Å². The van der Waals surface area contributed by atoms with E-state index in [0.29, 0.717) is 38.8 Å². The topological polar surface area (TPSA) is 111 Å². The molecule has 152 valence electrons. The molecule has 2 aromatic carbocycles. The molecule has 0 amide bonds. The van der Waals surface area contributed by atoms with Crippen LogP contribution in [0.25, 0.3) is 21.7 Å². The molecule has 0 aliphatic heterocycles. The number of aromatic nitrogens is 3. The highest BCUT2D eigenvalue weighted by molar-refractivity contribution is 7.90. The number of methoxy groups -OCH3 is 1. The molecule has 0 spiro atoms. The Hall–Kier alpha value is -3.37. The number of hydrogen-bond donors (Lipinski definition) is 1. The minimum Gasteiger partial charge on any atom is -0.465 e. The fourth-order valence-corrected chi connectivity index (χ4v) is 4.15. The van der Waals surface area contributed by atoms with E-state index < -0.39 is 15.8 Å². The Labute approximate surface area is 176 Å². The van der Waals surface area contributed by atoms with Crippen molar-refractivity contribution in [3.05, 3.63) is 59.6 Å². The molecule has 10 heteroatoms. The summed E-state index contributed by atoms with van der Waals surface area (Å²) in [6, 6.07) is 13.3. The van der Waals surface area contributed by atoms with Gasteiger partial charge < -0.3 is 10.1 Å². The van der Waals surface area contributed by atoms with E-state index in [4.69, 9.17) is 4.74 Å². The number of ether oxygens (including phenoxy) is 1. The number of rotatable bonds is 5. The van der Waals surface area contributed by atoms with Gasteiger partial charge in [-0.05, 0) is 30.3 Å². The number of hydrogen-bond acceptors (Lipinski definition) is 9. The van der Waals surface area contributed by atoms with Gasteiger partial charge in [-0.15, -0.1) is 11.3 Å². The lowest BCUT2D eigenvalue weighted by molar-refractivity contribution is 0.0601. The molecule has 0 aliphatic rings. The lowest BCUT2D eigenvalue weighted by Crippen LogP contribution is -2.03. The Bertz CT molecular complexity index is 1370. The molecule has 0 unspecified atom stereocenters. The van der Waals surface area contributed by atoms with Gasteiger partial charge in [0.15, 0.2) is 21.5 Å². The molecule has 8 nitrogen and oxygen atoms in total. The predicted octanol–water partition coefficient (Wildman–Crippen LogP) is 3.69. The van der Waals surface area contributed by atoms with Gasteiger partial charge in [0.1, 0.15) is 10.3 Å². The molecule has 0 aliphatic carbocycles. The van der Waals surface area contributed by atoms with Crippen LogP contribution in [0.3, 0.4) is 0 Å². The average molecular weight is 441 g/mol. The third-order valence-corrected chi connectivity index (χ3v) is 6.09. The number of anilines is 2. The van der Waals surface area contributed by atoms with Crippen molar-refractivity contribution in [3.63, 3.8) is 0 Å². The monoisotopic (exact) mass is 440 g/mol. The second kappa shape index (κ2) is 7.81. The third-order valence-electron chi connectivity index (χ3n) is 4.26. The van der Waals surface area contributed by atoms with Gasteiger partial charge in [0.2, 0.25) is 0 Å². The van der Waals surface area contributed by atoms with E-state index in [2.05, 4.69) is 20.3 Å². The minimum atomic E-state index is -3.35. The van der Waals surface area contributed by atoms with Crippen molar-refractivity contribution < 1.29 is 17.9 Å². The molecule has 0 fully saturated rings. The Morgan fingerprint density at radius 2 is 1.90 bits per heavy atom. The van der Waals surface area contributed by atoms with Gasteiger partial charge >= 0.3 is 5.97 Å². The largest absolute Gasteiger partial charge is 0.465 e. The van der Waals surface area contributed by atoms with Crippen LogP contribution >= 0.6 is 11.3 Å². The Morgan fingerprint density at radius 1 is 1.10 bits per heavy atom. The molecule has 0 bridgehead atoms. The zero-order valence-electron chi connectivity index (χ0n) is 16.0. The maximum atomic E-state index is 11.9. The first-order valence-electron chi connectivity index (χ1n) is 8.72. The van der Waals surface area contributed by atoms with Crippen LogP contribution < -0.4 is 5.32 Å². The summed E-state index contributed by atoms with van der Waals surface area (Å²) in [5, 5.41) is 3.14. The first-order chi connectivity index (χ1) is 14.3. The summed E-state index contributed by atoms with van der Waals surface area (Å²) in [5.74, 6) is 0.385. The molecule has 30 heavy (non-hydrogen) atoms. The number of nitrogens with zero attached hydrogens (tertiary/aromatic N) is 3. The lowest BCUT2D eigenvalue weighted by Gasteiger charge is -2.10. The predicted molar refractivity (Wildman–Crippen MR) is 115 cm³/mol. The molecule has 1 N–H and O–H groups in total. The maximum absolute atomic E-state index is 11.9. The third kappa shape index (κ3) is 4.00. The van der Waals surface area contributed by atoms with Crippen molar-refractivity contribution in [2.45, 2.75) is 4.90 Å². The van der Waals surface area contributed by atoms with Gasteiger partial charge in [0, 0.05) is 17.5 Å². The summed E-state index contributed by atoms with van der Waals surface area (Å²) in [5.41, 5.74) is 3.81. The quantitative estimate of drug-likeness (QED) is 0.468. The summed E-state index contributed by atoms with van der Waals surface area (Å²) in [4.78, 5) is 26.2. The van der Waals surface area contributed by atoms with Crippen LogP contribution in [0, 0.1) is 0 Å². The Kier molecular flexibility index (Phi) is 5.18. The molecule has 0 saturated heterocycles. The SMILES string of the molecule is COC(=O)c1cccc(-c2nc(Nc3cccc(S(C)(=O)=O)c3)c3ncsc3n2)c1. The smallest absolute Gasteiger partial charge is 0.337 e. The number of carbonyl (C=O) groups is 1. The van der Waals surface area contributed by atoms with E-state index >= 15 is 0 Å². The van der Waals surface area contributed by atoms with E-state index in [1.54, 1.807) is 41.9 Å². The highest BCUT2D eigenvalue weighted by atomic mass is 32.2. The maximum Gasteiger partial charge on any atom is 0.337 e. The summed E-state index contributed by atoms with van der Waals surface area (Å²) in [7, 11) is -2.03. The van der Waals surface area contributed by atoms with Gasteiger partial charge in [-0.1, -0.05) is 18.2 Å². The highest BCUT2D eigenvalue weighted by Gasteiger charge is 2.15. The van der Waals surface area contributed by atoms with Crippen molar-refractivity contribution in [1.29, 1.82) is 0 Å². The molecule has 4 rings (SSSR count). The van der Waals surface area contributed by atoms with Gasteiger partial charge in [-0.2, -0.15) is 0 Å². The molecule has 2 aromatic heterocycles. The Morgan fingerprint density at radius 3 is 2.67 bits per heavy atom. The van der Waals surface area contributed by atoms with Crippen molar-refractivity contribution in [3.8, 4) is 11.4 Å². The molecule has 2 heterocycles. The number of sulfone groups is 1. The first kappa shape index (κ1) is 19.9. The lowest BCUT2D eigenvalue weighted by atomic mass is 10.1. The molecular formula is C20H16N4O4S2. The van der Waals surface area contributed by atoms with Crippen LogP contribution in [0.2, 0.25) is 0 Å². The van der Waals surface area contributed by atoms with Crippen LogP contribution in [0.5, 0.6) is 0 Å². The summed E-state index contributed by atoms with van der Waals surface area (Å²) >= 11 is 1.35. The van der Waals surface area contributed by atoms with E-state index in [-0.39, 0.29) is 4.90 Å². The van der Waals surface area contributed by atoms with Gasteiger partial charge in [-0.3, -0.25) is 0 Å². The average Bonchev–Trinajstić information content (AvgIpc) is 3.22. The fraction of sp³-hybridized carbons (Fsp3) is 0.100. The van der Waals surface area contributed by atoms with Crippen molar-refractivity contribution in [2.75, 3.05) is 18.7 Å². The molecule has 4 aromatic rings. The second-order valence-electron chi connectivity index (χ2n) is 6.40. The zero-order valence-corrected chi connectivity index (χ0v) is 17.6. The summed E-state index contributed by atoms with van der Waals surface area (Å²) < 4.78 is 28.5. The van der Waals surface area contributed by atoms with E-state index in [9.17, 15) is 13.2 Å². The molecule has 0 atom stereocenters. The van der Waals surface area contributed by atoms with Crippen LogP contribution in [-0.2, 0) is 14.6 Å². The number of esters is 1. The van der Waals surface area contributed by atoms with Crippen LogP contribution in [0.15, 0.2) is 58.9 Å². The van der Waals surface area contributed by atoms with Crippen molar-refractivity contribution in [1.82, 2.24) is 15.0 Å². The number of thiazole rings is 1. The number of carbonyl (C=O) groups excluding carboxylic acids is 1. The minimum absolute atomic E-state index is 0.196. The second-order valence-corrected chi connectivity index (χ2v) is 9.25. The van der Waals surface area contributed by atoms with Crippen molar-refractivity contribution >= 4 is 49.0 Å².